The Balaban J connectivity index is 2.00. The third kappa shape index (κ3) is 4.92. The molecule has 0 heterocycles. The van der Waals surface area contributed by atoms with Gasteiger partial charge in [-0.05, 0) is 44.4 Å². The van der Waals surface area contributed by atoms with E-state index in [-0.39, 0.29) is 16.8 Å². The van der Waals surface area contributed by atoms with Crippen molar-refractivity contribution in [2.75, 3.05) is 19.4 Å². The first-order valence-electron chi connectivity index (χ1n) is 8.40. The number of nitrogens with one attached hydrogen (secondary N) is 1. The number of hydrogen-bond acceptors (Lipinski definition) is 5. The normalized spacial score (nSPS) is 18.4. The van der Waals surface area contributed by atoms with Gasteiger partial charge in [-0.3, -0.25) is 9.59 Å². The lowest BCUT2D eigenvalue weighted by molar-refractivity contribution is -0.157. The van der Waals surface area contributed by atoms with E-state index in [1.807, 2.05) is 12.2 Å². The van der Waals surface area contributed by atoms with Crippen LogP contribution in [0.15, 0.2) is 41.3 Å². The Kier molecular flexibility index (Phi) is 6.55. The summed E-state index contributed by atoms with van der Waals surface area (Å²) in [7, 11) is -0.733. The van der Waals surface area contributed by atoms with Crippen LogP contribution >= 0.6 is 0 Å². The van der Waals surface area contributed by atoms with E-state index in [0.717, 1.165) is 10.7 Å². The van der Waals surface area contributed by atoms with Gasteiger partial charge >= 0.3 is 5.97 Å². The first kappa shape index (κ1) is 20.1. The van der Waals surface area contributed by atoms with Gasteiger partial charge in [0.2, 0.25) is 10.0 Å². The molecule has 2 atom stereocenters. The molecule has 142 valence electrons. The number of nitrogens with zero attached hydrogens (tertiary/aromatic N) is 1. The highest BCUT2D eigenvalue weighted by atomic mass is 32.2. The lowest BCUT2D eigenvalue weighted by Gasteiger charge is -2.20. The third-order valence-corrected chi connectivity index (χ3v) is 5.96. The number of sulfonamides is 1. The first-order chi connectivity index (χ1) is 12.2. The zero-order valence-electron chi connectivity index (χ0n) is 15.1. The van der Waals surface area contributed by atoms with Crippen molar-refractivity contribution in [2.24, 2.45) is 5.92 Å². The standard InChI is InChI=1S/C18H24N2O5S/c1-13(25-18(22)14-8-5-4-6-9-14)17(21)19-15-10-7-11-16(12-15)26(23,24)20(2)3/h4-5,7,10-14H,6,8-9H2,1-3H3,(H,19,21)/t13-,14-/m0/s1. The molecule has 1 N–H and O–H groups in total. The molecular weight excluding hydrogens is 356 g/mol. The molecule has 0 fully saturated rings. The van der Waals surface area contributed by atoms with Gasteiger partial charge in [-0.25, -0.2) is 12.7 Å². The summed E-state index contributed by atoms with van der Waals surface area (Å²) in [4.78, 5) is 24.4. The molecule has 0 saturated carbocycles. The Morgan fingerprint density at radius 1 is 1.27 bits per heavy atom. The lowest BCUT2D eigenvalue weighted by Crippen LogP contribution is -2.32. The van der Waals surface area contributed by atoms with E-state index in [2.05, 4.69) is 5.32 Å². The molecule has 0 aliphatic heterocycles. The predicted octanol–water partition coefficient (Wildman–Crippen LogP) is 2.16. The number of anilines is 1. The summed E-state index contributed by atoms with van der Waals surface area (Å²) in [6.07, 6.45) is 5.16. The molecule has 0 radical (unpaired) electrons. The van der Waals surface area contributed by atoms with E-state index >= 15 is 0 Å². The van der Waals surface area contributed by atoms with Crippen molar-refractivity contribution in [3.05, 3.63) is 36.4 Å². The lowest BCUT2D eigenvalue weighted by atomic mass is 9.95. The maximum absolute atomic E-state index is 12.3. The maximum atomic E-state index is 12.3. The van der Waals surface area contributed by atoms with Crippen LogP contribution in [0.2, 0.25) is 0 Å². The Bertz CT molecular complexity index is 802. The molecule has 0 aromatic heterocycles. The van der Waals surface area contributed by atoms with Crippen LogP contribution in [0.25, 0.3) is 0 Å². The minimum atomic E-state index is -3.60. The van der Waals surface area contributed by atoms with Crippen molar-refractivity contribution in [3.8, 4) is 0 Å². The Hall–Kier alpha value is -2.19. The number of rotatable bonds is 6. The van der Waals surface area contributed by atoms with Crippen LogP contribution in [0.4, 0.5) is 5.69 Å². The molecule has 0 unspecified atom stereocenters. The van der Waals surface area contributed by atoms with Gasteiger partial charge in [0.25, 0.3) is 5.91 Å². The molecule has 0 spiro atoms. The van der Waals surface area contributed by atoms with Crippen LogP contribution in [-0.2, 0) is 24.3 Å². The highest BCUT2D eigenvalue weighted by molar-refractivity contribution is 7.89. The number of allylic oxidation sites excluding steroid dienone is 2. The van der Waals surface area contributed by atoms with Crippen molar-refractivity contribution in [1.82, 2.24) is 4.31 Å². The molecule has 8 heteroatoms. The van der Waals surface area contributed by atoms with Gasteiger partial charge in [-0.2, -0.15) is 0 Å². The highest BCUT2D eigenvalue weighted by Crippen LogP contribution is 2.21. The van der Waals surface area contributed by atoms with E-state index < -0.39 is 22.0 Å². The second kappa shape index (κ2) is 8.46. The summed E-state index contributed by atoms with van der Waals surface area (Å²) in [5, 5.41) is 2.59. The van der Waals surface area contributed by atoms with Crippen LogP contribution < -0.4 is 5.32 Å². The van der Waals surface area contributed by atoms with Gasteiger partial charge in [-0.15, -0.1) is 0 Å². The minimum absolute atomic E-state index is 0.0685. The molecule has 0 saturated heterocycles. The molecule has 1 aromatic carbocycles. The van der Waals surface area contributed by atoms with Gasteiger partial charge in [0.1, 0.15) is 0 Å². The smallest absolute Gasteiger partial charge is 0.310 e. The van der Waals surface area contributed by atoms with Crippen LogP contribution in [0.5, 0.6) is 0 Å². The molecule has 0 bridgehead atoms. The summed E-state index contributed by atoms with van der Waals surface area (Å²) >= 11 is 0. The average molecular weight is 380 g/mol. The molecule has 1 aliphatic carbocycles. The monoisotopic (exact) mass is 380 g/mol. The molecule has 2 rings (SSSR count). The van der Waals surface area contributed by atoms with Crippen molar-refractivity contribution < 1.29 is 22.7 Å². The van der Waals surface area contributed by atoms with Gasteiger partial charge in [-0.1, -0.05) is 18.2 Å². The Morgan fingerprint density at radius 3 is 2.62 bits per heavy atom. The third-order valence-electron chi connectivity index (χ3n) is 4.14. The number of hydrogen-bond donors (Lipinski definition) is 1. The van der Waals surface area contributed by atoms with Crippen molar-refractivity contribution >= 4 is 27.6 Å². The Morgan fingerprint density at radius 2 is 2.00 bits per heavy atom. The van der Waals surface area contributed by atoms with Crippen LogP contribution in [0, 0.1) is 5.92 Å². The largest absolute Gasteiger partial charge is 0.452 e. The molecule has 1 aromatic rings. The summed E-state index contributed by atoms with van der Waals surface area (Å²) in [5.74, 6) is -1.12. The molecular formula is C18H24N2O5S. The van der Waals surface area contributed by atoms with Crippen molar-refractivity contribution in [3.63, 3.8) is 0 Å². The van der Waals surface area contributed by atoms with Gasteiger partial charge < -0.3 is 10.1 Å². The van der Waals surface area contributed by atoms with E-state index in [1.54, 1.807) is 6.07 Å². The zero-order chi connectivity index (χ0) is 19.3. The number of carbonyl (C=O) groups excluding carboxylic acids is 2. The number of carbonyl (C=O) groups is 2. The van der Waals surface area contributed by atoms with Crippen LogP contribution in [-0.4, -0.2) is 44.8 Å². The first-order valence-corrected chi connectivity index (χ1v) is 9.84. The fourth-order valence-corrected chi connectivity index (χ4v) is 3.47. The van der Waals surface area contributed by atoms with Crippen molar-refractivity contribution in [1.29, 1.82) is 0 Å². The number of esters is 1. The highest BCUT2D eigenvalue weighted by Gasteiger charge is 2.25. The minimum Gasteiger partial charge on any atom is -0.452 e. The number of benzene rings is 1. The van der Waals surface area contributed by atoms with Gasteiger partial charge in [0.15, 0.2) is 6.10 Å². The topological polar surface area (TPSA) is 92.8 Å². The van der Waals surface area contributed by atoms with Gasteiger partial charge in [0, 0.05) is 19.8 Å². The SMILES string of the molecule is C[C@H](OC(=O)[C@H]1CC=CCC1)C(=O)Nc1cccc(S(=O)(=O)N(C)C)c1. The van der Waals surface area contributed by atoms with Crippen LogP contribution in [0.3, 0.4) is 0 Å². The predicted molar refractivity (Wildman–Crippen MR) is 98.0 cm³/mol. The van der Waals surface area contributed by atoms with Crippen LogP contribution in [0.1, 0.15) is 26.2 Å². The van der Waals surface area contributed by atoms with E-state index in [4.69, 9.17) is 4.74 Å². The van der Waals surface area contributed by atoms with Gasteiger partial charge in [0.05, 0.1) is 10.8 Å². The van der Waals surface area contributed by atoms with E-state index in [0.29, 0.717) is 18.5 Å². The zero-order valence-corrected chi connectivity index (χ0v) is 16.0. The molecule has 1 aliphatic rings. The van der Waals surface area contributed by atoms with E-state index in [1.165, 1.54) is 39.2 Å². The molecule has 1 amide bonds. The second-order valence-electron chi connectivity index (χ2n) is 6.37. The molecule has 7 nitrogen and oxygen atoms in total. The summed E-state index contributed by atoms with van der Waals surface area (Å²) in [5.41, 5.74) is 0.321. The summed E-state index contributed by atoms with van der Waals surface area (Å²) in [6, 6.07) is 5.93. The van der Waals surface area contributed by atoms with Crippen molar-refractivity contribution in [2.45, 2.75) is 37.2 Å². The quantitative estimate of drug-likeness (QED) is 0.603. The fourth-order valence-electron chi connectivity index (χ4n) is 2.52. The van der Waals surface area contributed by atoms with E-state index in [9.17, 15) is 18.0 Å². The maximum Gasteiger partial charge on any atom is 0.310 e. The Labute approximate surface area is 154 Å². The average Bonchev–Trinajstić information content (AvgIpc) is 2.62. The molecule has 26 heavy (non-hydrogen) atoms. The summed E-state index contributed by atoms with van der Waals surface area (Å²) in [6.45, 7) is 1.49. The number of ether oxygens (including phenoxy) is 1. The fraction of sp³-hybridized carbons (Fsp3) is 0.444. The second-order valence-corrected chi connectivity index (χ2v) is 8.52. The number of amides is 1. The summed E-state index contributed by atoms with van der Waals surface area (Å²) < 4.78 is 30.7.